The van der Waals surface area contributed by atoms with Crippen LogP contribution in [0.4, 0.5) is 0 Å². The smallest absolute Gasteiger partial charge is 0.303 e. The Bertz CT molecular complexity index is 554. The Balaban J connectivity index is 2.25. The molecule has 0 aliphatic rings. The molecule has 3 nitrogen and oxygen atoms in total. The van der Waals surface area contributed by atoms with Gasteiger partial charge in [0, 0.05) is 23.0 Å². The maximum absolute atomic E-state index is 10.5. The van der Waals surface area contributed by atoms with E-state index >= 15 is 0 Å². The zero-order valence-electron chi connectivity index (χ0n) is 9.19. The molecule has 2 aromatic rings. The van der Waals surface area contributed by atoms with Crippen molar-refractivity contribution in [2.45, 2.75) is 19.3 Å². The number of carboxylic acid groups (broad SMARTS) is 1. The van der Waals surface area contributed by atoms with E-state index in [4.69, 9.17) is 16.7 Å². The second-order valence-electron chi connectivity index (χ2n) is 3.88. The van der Waals surface area contributed by atoms with Gasteiger partial charge in [0.25, 0.3) is 0 Å². The standard InChI is InChI=1S/C13H12ClNO2/c14-10-4-5-11-9(2-1-3-13(16)17)6-7-15-12(11)8-10/h4-8H,1-3H2,(H,16,17). The van der Waals surface area contributed by atoms with Gasteiger partial charge in [-0.3, -0.25) is 9.78 Å². The molecule has 1 aromatic carbocycles. The number of pyridine rings is 1. The van der Waals surface area contributed by atoms with Crippen LogP contribution in [0.1, 0.15) is 18.4 Å². The number of benzene rings is 1. The number of carbonyl (C=O) groups is 1. The van der Waals surface area contributed by atoms with Crippen LogP contribution < -0.4 is 0 Å². The average Bonchev–Trinajstić information content (AvgIpc) is 2.28. The van der Waals surface area contributed by atoms with Gasteiger partial charge in [-0.1, -0.05) is 17.7 Å². The molecule has 1 aromatic heterocycles. The molecular weight excluding hydrogens is 238 g/mol. The van der Waals surface area contributed by atoms with Gasteiger partial charge in [0.05, 0.1) is 5.52 Å². The molecule has 0 aliphatic heterocycles. The fraction of sp³-hybridized carbons (Fsp3) is 0.231. The minimum absolute atomic E-state index is 0.192. The number of hydrogen-bond acceptors (Lipinski definition) is 2. The number of carboxylic acids is 1. The van der Waals surface area contributed by atoms with E-state index in [1.54, 1.807) is 6.20 Å². The summed E-state index contributed by atoms with van der Waals surface area (Å²) in [4.78, 5) is 14.7. The first kappa shape index (κ1) is 11.9. The second kappa shape index (κ2) is 5.15. The quantitative estimate of drug-likeness (QED) is 0.905. The van der Waals surface area contributed by atoms with Gasteiger partial charge >= 0.3 is 5.97 Å². The Morgan fingerprint density at radius 3 is 2.94 bits per heavy atom. The van der Waals surface area contributed by atoms with Crippen molar-refractivity contribution in [2.75, 3.05) is 0 Å². The van der Waals surface area contributed by atoms with E-state index in [1.165, 1.54) is 0 Å². The summed E-state index contributed by atoms with van der Waals surface area (Å²) >= 11 is 5.90. The van der Waals surface area contributed by atoms with Crippen LogP contribution in [0.2, 0.25) is 5.02 Å². The number of rotatable bonds is 4. The monoisotopic (exact) mass is 249 g/mol. The Hall–Kier alpha value is -1.61. The first-order chi connectivity index (χ1) is 8.16. The summed E-state index contributed by atoms with van der Waals surface area (Å²) in [6.07, 6.45) is 3.30. The molecular formula is C13H12ClNO2. The van der Waals surface area contributed by atoms with Gasteiger partial charge in [0.2, 0.25) is 0 Å². The number of fused-ring (bicyclic) bond motifs is 1. The third kappa shape index (κ3) is 2.94. The minimum atomic E-state index is -0.758. The van der Waals surface area contributed by atoms with Gasteiger partial charge in [0.1, 0.15) is 0 Å². The summed E-state index contributed by atoms with van der Waals surface area (Å²) in [5, 5.41) is 10.3. The molecule has 17 heavy (non-hydrogen) atoms. The van der Waals surface area contributed by atoms with Crippen molar-refractivity contribution < 1.29 is 9.90 Å². The van der Waals surface area contributed by atoms with E-state index in [1.807, 2.05) is 24.3 Å². The van der Waals surface area contributed by atoms with Crippen molar-refractivity contribution in [1.82, 2.24) is 4.98 Å². The van der Waals surface area contributed by atoms with Crippen LogP contribution in [0.15, 0.2) is 30.5 Å². The van der Waals surface area contributed by atoms with Gasteiger partial charge in [-0.15, -0.1) is 0 Å². The van der Waals surface area contributed by atoms with Gasteiger partial charge in [0.15, 0.2) is 0 Å². The molecule has 0 spiro atoms. The van der Waals surface area contributed by atoms with Crippen molar-refractivity contribution in [2.24, 2.45) is 0 Å². The number of hydrogen-bond donors (Lipinski definition) is 1. The fourth-order valence-corrected chi connectivity index (χ4v) is 1.99. The lowest BCUT2D eigenvalue weighted by Crippen LogP contribution is -1.96. The van der Waals surface area contributed by atoms with Crippen molar-refractivity contribution in [1.29, 1.82) is 0 Å². The molecule has 0 saturated carbocycles. The van der Waals surface area contributed by atoms with Crippen molar-refractivity contribution in [3.63, 3.8) is 0 Å². The first-order valence-electron chi connectivity index (χ1n) is 5.42. The Kier molecular flexibility index (Phi) is 3.59. The zero-order chi connectivity index (χ0) is 12.3. The molecule has 88 valence electrons. The SMILES string of the molecule is O=C(O)CCCc1ccnc2cc(Cl)ccc12. The molecule has 1 N–H and O–H groups in total. The molecule has 0 aliphatic carbocycles. The van der Waals surface area contributed by atoms with Crippen LogP contribution in [-0.2, 0) is 11.2 Å². The minimum Gasteiger partial charge on any atom is -0.481 e. The average molecular weight is 250 g/mol. The normalized spacial score (nSPS) is 10.6. The third-order valence-corrected chi connectivity index (χ3v) is 2.87. The van der Waals surface area contributed by atoms with Gasteiger partial charge in [-0.2, -0.15) is 0 Å². The molecule has 4 heteroatoms. The Labute approximate surface area is 104 Å². The molecule has 0 unspecified atom stereocenters. The predicted molar refractivity (Wildman–Crippen MR) is 67.3 cm³/mol. The topological polar surface area (TPSA) is 50.2 Å². The molecule has 0 bridgehead atoms. The molecule has 1 heterocycles. The van der Waals surface area contributed by atoms with E-state index < -0.39 is 5.97 Å². The maximum atomic E-state index is 10.5. The summed E-state index contributed by atoms with van der Waals surface area (Å²) in [7, 11) is 0. The number of aryl methyl sites for hydroxylation is 1. The van der Waals surface area contributed by atoms with Crippen molar-refractivity contribution in [3.8, 4) is 0 Å². The molecule has 0 atom stereocenters. The largest absolute Gasteiger partial charge is 0.481 e. The molecule has 0 saturated heterocycles. The fourth-order valence-electron chi connectivity index (χ4n) is 1.83. The predicted octanol–water partition coefficient (Wildman–Crippen LogP) is 3.30. The maximum Gasteiger partial charge on any atom is 0.303 e. The van der Waals surface area contributed by atoms with Crippen molar-refractivity contribution >= 4 is 28.5 Å². The molecule has 0 fully saturated rings. The number of aromatic nitrogens is 1. The summed E-state index contributed by atoms with van der Waals surface area (Å²) < 4.78 is 0. The zero-order valence-corrected chi connectivity index (χ0v) is 9.94. The van der Waals surface area contributed by atoms with Crippen LogP contribution in [-0.4, -0.2) is 16.1 Å². The van der Waals surface area contributed by atoms with E-state index in [-0.39, 0.29) is 6.42 Å². The van der Waals surface area contributed by atoms with Crippen LogP contribution in [0, 0.1) is 0 Å². The summed E-state index contributed by atoms with van der Waals surface area (Å²) in [5.41, 5.74) is 1.97. The second-order valence-corrected chi connectivity index (χ2v) is 4.32. The van der Waals surface area contributed by atoms with Crippen molar-refractivity contribution in [3.05, 3.63) is 41.0 Å². The van der Waals surface area contributed by atoms with Crippen LogP contribution >= 0.6 is 11.6 Å². The summed E-state index contributed by atoms with van der Waals surface area (Å²) in [6.45, 7) is 0. The lowest BCUT2D eigenvalue weighted by atomic mass is 10.0. The van der Waals surface area contributed by atoms with E-state index in [9.17, 15) is 4.79 Å². The number of aliphatic carboxylic acids is 1. The Morgan fingerprint density at radius 1 is 1.35 bits per heavy atom. The van der Waals surface area contributed by atoms with Gasteiger partial charge in [-0.25, -0.2) is 0 Å². The van der Waals surface area contributed by atoms with Crippen LogP contribution in [0.5, 0.6) is 0 Å². The highest BCUT2D eigenvalue weighted by Gasteiger charge is 2.04. The van der Waals surface area contributed by atoms with E-state index in [0.717, 1.165) is 22.9 Å². The highest BCUT2D eigenvalue weighted by atomic mass is 35.5. The third-order valence-electron chi connectivity index (χ3n) is 2.63. The van der Waals surface area contributed by atoms with Gasteiger partial charge in [-0.05, 0) is 36.6 Å². The number of halogens is 1. The van der Waals surface area contributed by atoms with Crippen LogP contribution in [0.3, 0.4) is 0 Å². The molecule has 2 rings (SSSR count). The van der Waals surface area contributed by atoms with Gasteiger partial charge < -0.3 is 5.11 Å². The molecule has 0 amide bonds. The number of nitrogens with zero attached hydrogens (tertiary/aromatic N) is 1. The first-order valence-corrected chi connectivity index (χ1v) is 5.79. The highest BCUT2D eigenvalue weighted by Crippen LogP contribution is 2.21. The Morgan fingerprint density at radius 2 is 2.18 bits per heavy atom. The van der Waals surface area contributed by atoms with E-state index in [2.05, 4.69) is 4.98 Å². The molecule has 0 radical (unpaired) electrons. The highest BCUT2D eigenvalue weighted by molar-refractivity contribution is 6.31. The summed E-state index contributed by atoms with van der Waals surface area (Å²) in [6, 6.07) is 7.50. The van der Waals surface area contributed by atoms with Crippen LogP contribution in [0.25, 0.3) is 10.9 Å². The van der Waals surface area contributed by atoms with E-state index in [0.29, 0.717) is 11.4 Å². The summed E-state index contributed by atoms with van der Waals surface area (Å²) in [5.74, 6) is -0.758. The lowest BCUT2D eigenvalue weighted by molar-refractivity contribution is -0.137. The lowest BCUT2D eigenvalue weighted by Gasteiger charge is -2.05.